The first kappa shape index (κ1) is 28.3. The molecule has 3 amide bonds. The Kier molecular flexibility index (Phi) is 11.6. The molecule has 0 spiro atoms. The molecular formula is C26H29N5O6. The molecule has 11 nitrogen and oxygen atoms in total. The maximum Gasteiger partial charge on any atom is 0.317 e. The van der Waals surface area contributed by atoms with Crippen molar-refractivity contribution in [2.24, 2.45) is 10.9 Å². The Morgan fingerprint density at radius 1 is 1.05 bits per heavy atom. The highest BCUT2D eigenvalue weighted by atomic mass is 16.5. The van der Waals surface area contributed by atoms with E-state index in [0.717, 1.165) is 17.0 Å². The van der Waals surface area contributed by atoms with Gasteiger partial charge in [0.2, 0.25) is 6.41 Å². The lowest BCUT2D eigenvalue weighted by Gasteiger charge is -2.20. The number of carbonyl (C=O) groups is 3. The van der Waals surface area contributed by atoms with Crippen LogP contribution in [0.4, 0.5) is 10.5 Å². The van der Waals surface area contributed by atoms with Crippen LogP contribution in [0.15, 0.2) is 78.0 Å². The van der Waals surface area contributed by atoms with E-state index in [1.807, 2.05) is 0 Å². The van der Waals surface area contributed by atoms with Crippen LogP contribution in [0.25, 0.3) is 0 Å². The number of nitrogens with one attached hydrogen (secondary N) is 2. The van der Waals surface area contributed by atoms with Crippen molar-refractivity contribution in [2.75, 3.05) is 13.6 Å². The Morgan fingerprint density at radius 2 is 1.68 bits per heavy atom. The molecule has 0 saturated heterocycles. The van der Waals surface area contributed by atoms with Crippen LogP contribution >= 0.6 is 0 Å². The van der Waals surface area contributed by atoms with Crippen LogP contribution in [0.5, 0.6) is 17.2 Å². The Hall–Kier alpha value is -4.93. The molecule has 1 aromatic heterocycles. The molecule has 0 fully saturated rings. The average molecular weight is 508 g/mol. The van der Waals surface area contributed by atoms with E-state index in [1.54, 1.807) is 74.9 Å². The van der Waals surface area contributed by atoms with Crippen LogP contribution < -0.4 is 15.4 Å². The number of hydrogen-bond donors (Lipinski definition) is 4. The van der Waals surface area contributed by atoms with Crippen molar-refractivity contribution in [3.05, 3.63) is 78.6 Å². The minimum absolute atomic E-state index is 0.150. The number of carboxylic acids is 1. The zero-order valence-electron chi connectivity index (χ0n) is 20.4. The number of aliphatic imine (C=N–C) groups is 1. The first-order valence-electron chi connectivity index (χ1n) is 11.2. The average Bonchev–Trinajstić information content (AvgIpc) is 2.90. The normalized spacial score (nSPS) is 11.0. The van der Waals surface area contributed by atoms with Gasteiger partial charge in [0.25, 0.3) is 0 Å². The fourth-order valence-corrected chi connectivity index (χ4v) is 2.78. The third-order valence-electron chi connectivity index (χ3n) is 4.77. The van der Waals surface area contributed by atoms with Crippen molar-refractivity contribution >= 4 is 30.4 Å². The summed E-state index contributed by atoms with van der Waals surface area (Å²) in [6, 6.07) is 16.9. The molecule has 0 radical (unpaired) electrons. The number of pyridine rings is 1. The largest absolute Gasteiger partial charge is 0.508 e. The van der Waals surface area contributed by atoms with Gasteiger partial charge in [0, 0.05) is 32.5 Å². The van der Waals surface area contributed by atoms with Crippen molar-refractivity contribution in [1.82, 2.24) is 20.5 Å². The Morgan fingerprint density at radius 3 is 2.27 bits per heavy atom. The zero-order valence-corrected chi connectivity index (χ0v) is 20.4. The minimum atomic E-state index is -0.932. The van der Waals surface area contributed by atoms with Crippen LogP contribution in [-0.2, 0) is 16.1 Å². The van der Waals surface area contributed by atoms with Crippen molar-refractivity contribution in [3.8, 4) is 17.2 Å². The van der Waals surface area contributed by atoms with Crippen molar-refractivity contribution in [3.63, 3.8) is 0 Å². The summed E-state index contributed by atoms with van der Waals surface area (Å²) in [4.78, 5) is 41.7. The van der Waals surface area contributed by atoms with Crippen LogP contribution in [0.2, 0.25) is 0 Å². The van der Waals surface area contributed by atoms with E-state index in [2.05, 4.69) is 20.6 Å². The molecule has 1 heterocycles. The number of phenols is 1. The van der Waals surface area contributed by atoms with Gasteiger partial charge >= 0.3 is 12.0 Å². The molecule has 11 heteroatoms. The lowest BCUT2D eigenvalue weighted by atomic mass is 10.2. The first-order valence-corrected chi connectivity index (χ1v) is 11.2. The molecule has 0 aliphatic carbocycles. The number of aliphatic carboxylic acids is 1. The fourth-order valence-electron chi connectivity index (χ4n) is 2.78. The van der Waals surface area contributed by atoms with Crippen molar-refractivity contribution in [2.45, 2.75) is 13.5 Å². The van der Waals surface area contributed by atoms with Gasteiger partial charge in [0.1, 0.15) is 17.2 Å². The summed E-state index contributed by atoms with van der Waals surface area (Å²) in [6.07, 6.45) is 5.22. The van der Waals surface area contributed by atoms with Gasteiger partial charge in [-0.25, -0.2) is 9.79 Å². The number of benzene rings is 2. The molecule has 2 aromatic carbocycles. The number of rotatable bonds is 10. The second-order valence-electron chi connectivity index (χ2n) is 7.77. The molecule has 0 saturated carbocycles. The predicted molar refractivity (Wildman–Crippen MR) is 138 cm³/mol. The SMILES string of the molecule is C[C@@H](CN(C)C(=O)NCc1ccc(O)cc1)C(=O)O.O=CNC=Nc1ccc(Oc2ccncc2)cc1. The lowest BCUT2D eigenvalue weighted by Crippen LogP contribution is -2.40. The fraction of sp³-hybridized carbons (Fsp3) is 0.192. The van der Waals surface area contributed by atoms with Crippen LogP contribution in [0.3, 0.4) is 0 Å². The van der Waals surface area contributed by atoms with Gasteiger partial charge in [0.05, 0.1) is 17.9 Å². The number of hydrogen-bond acceptors (Lipinski definition) is 7. The Balaban J connectivity index is 0.000000260. The summed E-state index contributed by atoms with van der Waals surface area (Å²) < 4.78 is 5.60. The second-order valence-corrected chi connectivity index (χ2v) is 7.77. The molecule has 0 unspecified atom stereocenters. The van der Waals surface area contributed by atoms with Crippen LogP contribution in [-0.4, -0.2) is 58.4 Å². The molecule has 37 heavy (non-hydrogen) atoms. The smallest absolute Gasteiger partial charge is 0.317 e. The highest BCUT2D eigenvalue weighted by molar-refractivity contribution is 5.75. The summed E-state index contributed by atoms with van der Waals surface area (Å²) in [5.74, 6) is 0.0671. The number of aromatic hydroxyl groups is 1. The molecule has 3 rings (SSSR count). The quantitative estimate of drug-likeness (QED) is 0.186. The van der Waals surface area contributed by atoms with E-state index in [9.17, 15) is 14.4 Å². The number of nitrogens with zero attached hydrogens (tertiary/aromatic N) is 3. The Bertz CT molecular complexity index is 1150. The minimum Gasteiger partial charge on any atom is -0.508 e. The highest BCUT2D eigenvalue weighted by Crippen LogP contribution is 2.23. The third-order valence-corrected chi connectivity index (χ3v) is 4.77. The van der Waals surface area contributed by atoms with Crippen molar-refractivity contribution < 1.29 is 29.3 Å². The molecular weight excluding hydrogens is 478 g/mol. The van der Waals surface area contributed by atoms with E-state index in [4.69, 9.17) is 14.9 Å². The molecule has 0 aliphatic rings. The maximum absolute atomic E-state index is 11.7. The van der Waals surface area contributed by atoms with E-state index in [0.29, 0.717) is 18.7 Å². The summed E-state index contributed by atoms with van der Waals surface area (Å²) in [7, 11) is 1.55. The lowest BCUT2D eigenvalue weighted by molar-refractivity contribution is -0.141. The van der Waals surface area contributed by atoms with Crippen molar-refractivity contribution in [1.29, 1.82) is 0 Å². The van der Waals surface area contributed by atoms with E-state index >= 15 is 0 Å². The summed E-state index contributed by atoms with van der Waals surface area (Å²) >= 11 is 0. The first-order chi connectivity index (χ1) is 17.8. The van der Waals surface area contributed by atoms with E-state index in [1.165, 1.54) is 23.4 Å². The van der Waals surface area contributed by atoms with Gasteiger partial charge in [-0.3, -0.25) is 14.6 Å². The van der Waals surface area contributed by atoms with Gasteiger partial charge in [-0.05, 0) is 54.1 Å². The molecule has 0 aliphatic heterocycles. The second kappa shape index (κ2) is 15.1. The Labute approximate surface area is 214 Å². The van der Waals surface area contributed by atoms with Gasteiger partial charge in [-0.2, -0.15) is 0 Å². The third kappa shape index (κ3) is 10.9. The van der Waals surface area contributed by atoms with Crippen LogP contribution in [0, 0.1) is 5.92 Å². The van der Waals surface area contributed by atoms with E-state index in [-0.39, 0.29) is 18.3 Å². The topological polar surface area (TPSA) is 153 Å². The standard InChI is InChI=1S/C13H11N3O2.C13H18N2O4/c17-10-15-9-16-11-1-3-12(4-2-11)18-13-5-7-14-8-6-13;1-9(12(17)18)8-15(2)13(19)14-7-10-3-5-11(16)6-4-10/h1-10H,(H,15,16,17);3-6,9,16H,7-8H2,1-2H3,(H,14,19)(H,17,18)/t;9-/m.0/s1. The summed E-state index contributed by atoms with van der Waals surface area (Å²) in [5, 5.41) is 22.9. The molecule has 0 bridgehead atoms. The molecule has 4 N–H and O–H groups in total. The summed E-state index contributed by atoms with van der Waals surface area (Å²) in [5.41, 5.74) is 1.58. The number of amides is 3. The maximum atomic E-state index is 11.7. The number of carbonyl (C=O) groups excluding carboxylic acids is 2. The number of phenolic OH excluding ortho intramolecular Hbond substituents is 1. The number of aromatic nitrogens is 1. The highest BCUT2D eigenvalue weighted by Gasteiger charge is 2.16. The molecule has 1 atom stereocenters. The molecule has 194 valence electrons. The summed E-state index contributed by atoms with van der Waals surface area (Å²) in [6.45, 7) is 2.02. The number of urea groups is 1. The zero-order chi connectivity index (χ0) is 27.0. The monoisotopic (exact) mass is 507 g/mol. The van der Waals surface area contributed by atoms with Gasteiger partial charge in [-0.15, -0.1) is 0 Å². The van der Waals surface area contributed by atoms with E-state index < -0.39 is 11.9 Å². The van der Waals surface area contributed by atoms with Crippen LogP contribution in [0.1, 0.15) is 12.5 Å². The van der Waals surface area contributed by atoms with Gasteiger partial charge in [-0.1, -0.05) is 19.1 Å². The van der Waals surface area contributed by atoms with Gasteiger partial charge in [0.15, 0.2) is 0 Å². The number of ether oxygens (including phenoxy) is 1. The molecule has 3 aromatic rings. The number of carboxylic acid groups (broad SMARTS) is 1. The predicted octanol–water partition coefficient (Wildman–Crippen LogP) is 3.53. The van der Waals surface area contributed by atoms with Gasteiger partial charge < -0.3 is 30.5 Å².